The zero-order chi connectivity index (χ0) is 17.4. The standard InChI is InChI=1S/C18H21N3O3/c19-11-17(22)21-16(18(20)23)10-13-6-8-15(9-7-13)24-12-14-4-2-1-3-5-14/h1-9,16H,10-12,19H2,(H2,20,23)(H,21,22)/p+1/t16-/m1/s1. The van der Waals surface area contributed by atoms with Crippen molar-refractivity contribution in [3.63, 3.8) is 0 Å². The summed E-state index contributed by atoms with van der Waals surface area (Å²) in [5.41, 5.74) is 10.8. The largest absolute Gasteiger partial charge is 0.489 e. The first-order valence-corrected chi connectivity index (χ1v) is 7.72. The van der Waals surface area contributed by atoms with Crippen LogP contribution in [-0.4, -0.2) is 24.4 Å². The summed E-state index contributed by atoms with van der Waals surface area (Å²) in [7, 11) is 0. The van der Waals surface area contributed by atoms with Crippen molar-refractivity contribution in [3.05, 3.63) is 65.7 Å². The number of hydrogen-bond acceptors (Lipinski definition) is 3. The molecule has 126 valence electrons. The minimum absolute atomic E-state index is 0.0655. The average Bonchev–Trinajstić information content (AvgIpc) is 2.61. The van der Waals surface area contributed by atoms with Gasteiger partial charge in [0, 0.05) is 6.42 Å². The molecule has 2 amide bonds. The van der Waals surface area contributed by atoms with Crippen molar-refractivity contribution < 1.29 is 20.1 Å². The second-order valence-electron chi connectivity index (χ2n) is 5.39. The maximum absolute atomic E-state index is 11.4. The number of rotatable bonds is 8. The van der Waals surface area contributed by atoms with Gasteiger partial charge in [-0.15, -0.1) is 0 Å². The number of amides is 2. The molecule has 0 unspecified atom stereocenters. The monoisotopic (exact) mass is 328 g/mol. The van der Waals surface area contributed by atoms with Crippen molar-refractivity contribution in [2.24, 2.45) is 5.73 Å². The normalized spacial score (nSPS) is 11.5. The number of nitrogens with one attached hydrogen (secondary N) is 1. The first-order chi connectivity index (χ1) is 11.6. The highest BCUT2D eigenvalue weighted by Gasteiger charge is 2.18. The SMILES string of the molecule is NC(=O)[C@@H](Cc1ccc(OCc2ccccc2)cc1)NC(=O)C[NH3+]. The molecule has 0 fully saturated rings. The summed E-state index contributed by atoms with van der Waals surface area (Å²) in [6.07, 6.45) is 0.333. The zero-order valence-corrected chi connectivity index (χ0v) is 13.4. The van der Waals surface area contributed by atoms with Crippen LogP contribution >= 0.6 is 0 Å². The van der Waals surface area contributed by atoms with E-state index in [0.717, 1.165) is 16.9 Å². The number of nitrogens with two attached hydrogens (primary N) is 1. The molecule has 6 N–H and O–H groups in total. The number of ether oxygens (including phenoxy) is 1. The number of hydrogen-bond donors (Lipinski definition) is 3. The Morgan fingerprint density at radius 2 is 1.71 bits per heavy atom. The van der Waals surface area contributed by atoms with Gasteiger partial charge in [-0.25, -0.2) is 0 Å². The summed E-state index contributed by atoms with van der Waals surface area (Å²) in [6.45, 7) is 0.555. The second-order valence-corrected chi connectivity index (χ2v) is 5.39. The molecule has 24 heavy (non-hydrogen) atoms. The van der Waals surface area contributed by atoms with Gasteiger partial charge < -0.3 is 21.5 Å². The maximum atomic E-state index is 11.4. The summed E-state index contributed by atoms with van der Waals surface area (Å²) in [5, 5.41) is 2.57. The van der Waals surface area contributed by atoms with E-state index in [1.165, 1.54) is 0 Å². The second kappa shape index (κ2) is 8.69. The van der Waals surface area contributed by atoms with Crippen LogP contribution in [0, 0.1) is 0 Å². The molecule has 0 saturated carbocycles. The van der Waals surface area contributed by atoms with Gasteiger partial charge in [-0.3, -0.25) is 9.59 Å². The fourth-order valence-electron chi connectivity index (χ4n) is 2.19. The lowest BCUT2D eigenvalue weighted by atomic mass is 10.1. The van der Waals surface area contributed by atoms with E-state index in [0.29, 0.717) is 13.0 Å². The smallest absolute Gasteiger partial charge is 0.275 e. The highest BCUT2D eigenvalue weighted by molar-refractivity contribution is 5.87. The lowest BCUT2D eigenvalue weighted by Gasteiger charge is -2.14. The van der Waals surface area contributed by atoms with Gasteiger partial charge in [-0.05, 0) is 23.3 Å². The van der Waals surface area contributed by atoms with Crippen molar-refractivity contribution >= 4 is 11.8 Å². The van der Waals surface area contributed by atoms with Crippen molar-refractivity contribution in [2.75, 3.05) is 6.54 Å². The Morgan fingerprint density at radius 1 is 1.04 bits per heavy atom. The Morgan fingerprint density at radius 3 is 2.29 bits per heavy atom. The van der Waals surface area contributed by atoms with Crippen molar-refractivity contribution in [2.45, 2.75) is 19.1 Å². The van der Waals surface area contributed by atoms with E-state index in [-0.39, 0.29) is 12.5 Å². The summed E-state index contributed by atoms with van der Waals surface area (Å²) in [5.74, 6) is -0.136. The van der Waals surface area contributed by atoms with Crippen LogP contribution in [-0.2, 0) is 22.6 Å². The number of carbonyl (C=O) groups is 2. The van der Waals surface area contributed by atoms with Crippen molar-refractivity contribution in [3.8, 4) is 5.75 Å². The quantitative estimate of drug-likeness (QED) is 0.635. The van der Waals surface area contributed by atoms with Gasteiger partial charge in [0.1, 0.15) is 18.4 Å². The minimum atomic E-state index is -0.740. The molecular weight excluding hydrogens is 306 g/mol. The molecule has 1 atom stereocenters. The Labute approximate surface area is 140 Å². The van der Waals surface area contributed by atoms with Crippen molar-refractivity contribution in [1.82, 2.24) is 5.32 Å². The lowest BCUT2D eigenvalue weighted by molar-refractivity contribution is -0.355. The van der Waals surface area contributed by atoms with Gasteiger partial charge in [0.25, 0.3) is 5.91 Å². The van der Waals surface area contributed by atoms with Crippen molar-refractivity contribution in [1.29, 1.82) is 0 Å². The zero-order valence-electron chi connectivity index (χ0n) is 13.4. The molecule has 0 heterocycles. The van der Waals surface area contributed by atoms with Gasteiger partial charge in [-0.1, -0.05) is 42.5 Å². The third kappa shape index (κ3) is 5.40. The van der Waals surface area contributed by atoms with Gasteiger partial charge >= 0.3 is 0 Å². The van der Waals surface area contributed by atoms with Gasteiger partial charge in [0.15, 0.2) is 6.54 Å². The lowest BCUT2D eigenvalue weighted by Crippen LogP contribution is -2.60. The van der Waals surface area contributed by atoms with Crippen LogP contribution in [0.1, 0.15) is 11.1 Å². The molecule has 0 radical (unpaired) electrons. The van der Waals surface area contributed by atoms with Crippen LogP contribution in [0.15, 0.2) is 54.6 Å². The maximum Gasteiger partial charge on any atom is 0.275 e. The molecule has 0 spiro atoms. The van der Waals surface area contributed by atoms with E-state index in [2.05, 4.69) is 11.1 Å². The van der Waals surface area contributed by atoms with E-state index in [9.17, 15) is 9.59 Å². The summed E-state index contributed by atoms with van der Waals surface area (Å²) >= 11 is 0. The molecule has 6 heteroatoms. The molecule has 6 nitrogen and oxygen atoms in total. The molecule has 2 rings (SSSR count). The Balaban J connectivity index is 1.92. The van der Waals surface area contributed by atoms with Crippen LogP contribution in [0.3, 0.4) is 0 Å². The van der Waals surface area contributed by atoms with Gasteiger partial charge in [0.2, 0.25) is 5.91 Å². The molecule has 0 aliphatic rings. The molecular formula is C18H22N3O3+. The van der Waals surface area contributed by atoms with Crippen LogP contribution in [0.25, 0.3) is 0 Å². The first-order valence-electron chi connectivity index (χ1n) is 7.72. The third-order valence-electron chi connectivity index (χ3n) is 3.52. The van der Waals surface area contributed by atoms with E-state index in [1.54, 1.807) is 0 Å². The van der Waals surface area contributed by atoms with E-state index < -0.39 is 11.9 Å². The predicted molar refractivity (Wildman–Crippen MR) is 89.8 cm³/mol. The molecule has 0 aromatic heterocycles. The average molecular weight is 328 g/mol. The van der Waals surface area contributed by atoms with E-state index >= 15 is 0 Å². The third-order valence-corrected chi connectivity index (χ3v) is 3.52. The number of carbonyl (C=O) groups excluding carboxylic acids is 2. The van der Waals surface area contributed by atoms with Crippen LogP contribution in [0.5, 0.6) is 5.75 Å². The molecule has 2 aromatic carbocycles. The highest BCUT2D eigenvalue weighted by Crippen LogP contribution is 2.15. The molecule has 0 aliphatic heterocycles. The van der Waals surface area contributed by atoms with Crippen LogP contribution in [0.4, 0.5) is 0 Å². The fourth-order valence-corrected chi connectivity index (χ4v) is 2.19. The summed E-state index contributed by atoms with van der Waals surface area (Å²) in [4.78, 5) is 22.8. The number of primary amides is 1. The molecule has 0 bridgehead atoms. The topological polar surface area (TPSA) is 109 Å². The fraction of sp³-hybridized carbons (Fsp3) is 0.222. The summed E-state index contributed by atoms with van der Waals surface area (Å²) in [6, 6.07) is 16.5. The van der Waals surface area contributed by atoms with Crippen LogP contribution in [0.2, 0.25) is 0 Å². The van der Waals surface area contributed by atoms with E-state index in [4.69, 9.17) is 10.5 Å². The number of benzene rings is 2. The number of quaternary nitrogens is 1. The first kappa shape index (κ1) is 17.5. The Kier molecular flexibility index (Phi) is 6.33. The Hall–Kier alpha value is -2.86. The highest BCUT2D eigenvalue weighted by atomic mass is 16.5. The van der Waals surface area contributed by atoms with Gasteiger partial charge in [-0.2, -0.15) is 0 Å². The van der Waals surface area contributed by atoms with E-state index in [1.807, 2.05) is 54.6 Å². The summed E-state index contributed by atoms with van der Waals surface area (Å²) < 4.78 is 5.71. The minimum Gasteiger partial charge on any atom is -0.489 e. The molecule has 0 saturated heterocycles. The van der Waals surface area contributed by atoms with Crippen LogP contribution < -0.4 is 21.5 Å². The predicted octanol–water partition coefficient (Wildman–Crippen LogP) is 0.0201. The molecule has 2 aromatic rings. The molecule has 0 aliphatic carbocycles. The van der Waals surface area contributed by atoms with Gasteiger partial charge in [0.05, 0.1) is 0 Å². The Bertz CT molecular complexity index is 672.